The van der Waals surface area contributed by atoms with Crippen molar-refractivity contribution in [2.24, 2.45) is 0 Å². The van der Waals surface area contributed by atoms with Crippen molar-refractivity contribution in [1.29, 1.82) is 0 Å². The molecule has 1 amide bonds. The lowest BCUT2D eigenvalue weighted by Gasteiger charge is -2.24. The summed E-state index contributed by atoms with van der Waals surface area (Å²) in [5.41, 5.74) is 1.05. The fourth-order valence-electron chi connectivity index (χ4n) is 2.29. The molecule has 2 heterocycles. The first-order valence-electron chi connectivity index (χ1n) is 6.10. The summed E-state index contributed by atoms with van der Waals surface area (Å²) in [6, 6.07) is 5.88. The van der Waals surface area contributed by atoms with E-state index < -0.39 is 0 Å². The Morgan fingerprint density at radius 1 is 1.47 bits per heavy atom. The number of hydrogen-bond acceptors (Lipinski definition) is 5. The lowest BCUT2D eigenvalue weighted by Crippen LogP contribution is -2.30. The van der Waals surface area contributed by atoms with Crippen LogP contribution in [0.15, 0.2) is 18.2 Å². The molecule has 2 aliphatic rings. The number of thioether (sulfide) groups is 2. The molecule has 1 aromatic rings. The van der Waals surface area contributed by atoms with Crippen LogP contribution in [0.4, 0.5) is 0 Å². The van der Waals surface area contributed by atoms with Gasteiger partial charge in [-0.2, -0.15) is 11.8 Å². The Bertz CT molecular complexity index is 495. The lowest BCUT2D eigenvalue weighted by atomic mass is 10.1. The molecule has 6 heteroatoms. The zero-order valence-electron chi connectivity index (χ0n) is 10.6. The molecule has 1 fully saturated rings. The molecule has 0 bridgehead atoms. The molecule has 0 spiro atoms. The molecule has 19 heavy (non-hydrogen) atoms. The molecule has 0 saturated carbocycles. The van der Waals surface area contributed by atoms with E-state index in [1.165, 1.54) is 0 Å². The highest BCUT2D eigenvalue weighted by molar-refractivity contribution is 8.00. The summed E-state index contributed by atoms with van der Waals surface area (Å²) in [6.45, 7) is 1.05. The Hall–Kier alpha value is -1.01. The Morgan fingerprint density at radius 3 is 3.21 bits per heavy atom. The minimum Gasteiger partial charge on any atom is -0.454 e. The van der Waals surface area contributed by atoms with Crippen LogP contribution >= 0.6 is 23.5 Å². The SMILES string of the molecule is CSCCN1C(=O)CSC1c1cccc2c1OCO2. The molecule has 0 aromatic heterocycles. The van der Waals surface area contributed by atoms with E-state index in [-0.39, 0.29) is 18.1 Å². The van der Waals surface area contributed by atoms with Crippen molar-refractivity contribution in [3.8, 4) is 11.5 Å². The average Bonchev–Trinajstić information content (AvgIpc) is 3.02. The molecular formula is C13H15NO3S2. The van der Waals surface area contributed by atoms with Crippen LogP contribution in [-0.2, 0) is 4.79 Å². The Morgan fingerprint density at radius 2 is 2.37 bits per heavy atom. The maximum atomic E-state index is 12.0. The fraction of sp³-hybridized carbons (Fsp3) is 0.462. The average molecular weight is 297 g/mol. The van der Waals surface area contributed by atoms with E-state index in [0.717, 1.165) is 29.4 Å². The van der Waals surface area contributed by atoms with Crippen molar-refractivity contribution in [1.82, 2.24) is 4.90 Å². The number of amides is 1. The van der Waals surface area contributed by atoms with Gasteiger partial charge in [0, 0.05) is 17.9 Å². The zero-order chi connectivity index (χ0) is 13.2. The maximum Gasteiger partial charge on any atom is 0.233 e. The van der Waals surface area contributed by atoms with Gasteiger partial charge in [0.05, 0.1) is 5.75 Å². The standard InChI is InChI=1S/C13H15NO3S2/c1-18-6-5-14-11(15)7-19-13(14)9-3-2-4-10-12(9)17-8-16-10/h2-4,13H,5-8H2,1H3. The van der Waals surface area contributed by atoms with Crippen LogP contribution in [0.3, 0.4) is 0 Å². The van der Waals surface area contributed by atoms with Crippen molar-refractivity contribution in [2.75, 3.05) is 31.1 Å². The molecule has 0 radical (unpaired) electrons. The van der Waals surface area contributed by atoms with Gasteiger partial charge >= 0.3 is 0 Å². The Balaban J connectivity index is 1.88. The third-order valence-corrected chi connectivity index (χ3v) is 5.03. The van der Waals surface area contributed by atoms with Crippen LogP contribution in [0, 0.1) is 0 Å². The number of fused-ring (bicyclic) bond motifs is 1. The van der Waals surface area contributed by atoms with Gasteiger partial charge in [-0.15, -0.1) is 11.8 Å². The topological polar surface area (TPSA) is 38.8 Å². The molecular weight excluding hydrogens is 282 g/mol. The summed E-state index contributed by atoms with van der Waals surface area (Å²) < 4.78 is 11.0. The summed E-state index contributed by atoms with van der Waals surface area (Å²) >= 11 is 3.41. The van der Waals surface area contributed by atoms with Gasteiger partial charge in [0.1, 0.15) is 5.37 Å². The first kappa shape index (κ1) is 13.0. The number of nitrogens with zero attached hydrogens (tertiary/aromatic N) is 1. The van der Waals surface area contributed by atoms with E-state index in [1.807, 2.05) is 23.1 Å². The molecule has 1 unspecified atom stereocenters. The highest BCUT2D eigenvalue weighted by Gasteiger charge is 2.35. The normalized spacial score (nSPS) is 21.2. The third kappa shape index (κ3) is 2.39. The van der Waals surface area contributed by atoms with E-state index in [9.17, 15) is 4.79 Å². The number of carbonyl (C=O) groups excluding carboxylic acids is 1. The van der Waals surface area contributed by atoms with Crippen LogP contribution in [-0.4, -0.2) is 41.9 Å². The number of para-hydroxylation sites is 1. The molecule has 0 N–H and O–H groups in total. The van der Waals surface area contributed by atoms with Crippen molar-refractivity contribution < 1.29 is 14.3 Å². The second-order valence-corrected chi connectivity index (χ2v) is 6.38. The summed E-state index contributed by atoms with van der Waals surface area (Å²) in [5.74, 6) is 3.28. The monoisotopic (exact) mass is 297 g/mol. The molecule has 1 aromatic carbocycles. The van der Waals surface area contributed by atoms with Gasteiger partial charge in [-0.3, -0.25) is 4.79 Å². The van der Waals surface area contributed by atoms with Gasteiger partial charge in [-0.05, 0) is 12.3 Å². The van der Waals surface area contributed by atoms with E-state index in [1.54, 1.807) is 23.5 Å². The van der Waals surface area contributed by atoms with Crippen LogP contribution in [0.5, 0.6) is 11.5 Å². The van der Waals surface area contributed by atoms with Crippen LogP contribution in [0.25, 0.3) is 0 Å². The van der Waals surface area contributed by atoms with E-state index in [0.29, 0.717) is 5.75 Å². The van der Waals surface area contributed by atoms with E-state index in [4.69, 9.17) is 9.47 Å². The van der Waals surface area contributed by atoms with Crippen LogP contribution in [0.2, 0.25) is 0 Å². The van der Waals surface area contributed by atoms with Gasteiger partial charge in [0.15, 0.2) is 11.5 Å². The smallest absolute Gasteiger partial charge is 0.233 e. The zero-order valence-corrected chi connectivity index (χ0v) is 12.3. The van der Waals surface area contributed by atoms with Gasteiger partial charge in [0.25, 0.3) is 0 Å². The van der Waals surface area contributed by atoms with Crippen molar-refractivity contribution in [3.63, 3.8) is 0 Å². The third-order valence-electron chi connectivity index (χ3n) is 3.20. The number of benzene rings is 1. The van der Waals surface area contributed by atoms with Gasteiger partial charge in [0.2, 0.25) is 12.7 Å². The molecule has 3 rings (SSSR count). The van der Waals surface area contributed by atoms with Gasteiger partial charge < -0.3 is 14.4 Å². The minimum atomic E-state index is 0.0521. The first-order valence-corrected chi connectivity index (χ1v) is 8.54. The predicted molar refractivity (Wildman–Crippen MR) is 77.9 cm³/mol. The molecule has 1 saturated heterocycles. The summed E-state index contributed by atoms with van der Waals surface area (Å²) in [6.07, 6.45) is 2.06. The van der Waals surface area contributed by atoms with Crippen molar-refractivity contribution in [3.05, 3.63) is 23.8 Å². The molecule has 4 nitrogen and oxygen atoms in total. The largest absolute Gasteiger partial charge is 0.454 e. The second-order valence-electron chi connectivity index (χ2n) is 4.32. The number of carbonyl (C=O) groups is 1. The number of hydrogen-bond donors (Lipinski definition) is 0. The molecule has 2 aliphatic heterocycles. The van der Waals surface area contributed by atoms with Gasteiger partial charge in [-0.25, -0.2) is 0 Å². The predicted octanol–water partition coefficient (Wildman–Crippen LogP) is 2.35. The second kappa shape index (κ2) is 5.54. The van der Waals surface area contributed by atoms with Crippen LogP contribution in [0.1, 0.15) is 10.9 Å². The van der Waals surface area contributed by atoms with E-state index >= 15 is 0 Å². The number of ether oxygens (including phenoxy) is 2. The quantitative estimate of drug-likeness (QED) is 0.853. The maximum absolute atomic E-state index is 12.0. The fourth-order valence-corrected chi connectivity index (χ4v) is 3.90. The highest BCUT2D eigenvalue weighted by atomic mass is 32.2. The van der Waals surface area contributed by atoms with Crippen molar-refractivity contribution >= 4 is 29.4 Å². The number of rotatable bonds is 4. The van der Waals surface area contributed by atoms with Crippen LogP contribution < -0.4 is 9.47 Å². The van der Waals surface area contributed by atoms with Crippen molar-refractivity contribution in [2.45, 2.75) is 5.37 Å². The summed E-state index contributed by atoms with van der Waals surface area (Å²) in [4.78, 5) is 13.9. The minimum absolute atomic E-state index is 0.0521. The summed E-state index contributed by atoms with van der Waals surface area (Å²) in [5, 5.41) is 0.0521. The molecule has 1 atom stereocenters. The van der Waals surface area contributed by atoms with E-state index in [2.05, 4.69) is 6.26 Å². The highest BCUT2D eigenvalue weighted by Crippen LogP contribution is 2.46. The summed E-state index contributed by atoms with van der Waals surface area (Å²) in [7, 11) is 0. The Kier molecular flexibility index (Phi) is 3.79. The van der Waals surface area contributed by atoms with Gasteiger partial charge in [-0.1, -0.05) is 12.1 Å². The molecule has 0 aliphatic carbocycles. The Labute approximate surface area is 120 Å². The molecule has 102 valence electrons. The first-order chi connectivity index (χ1) is 9.31. The lowest BCUT2D eigenvalue weighted by molar-refractivity contribution is -0.127.